The maximum atomic E-state index is 12.7. The summed E-state index contributed by atoms with van der Waals surface area (Å²) in [5.41, 5.74) is 4.74. The van der Waals surface area contributed by atoms with Gasteiger partial charge in [0.1, 0.15) is 6.61 Å². The van der Waals surface area contributed by atoms with E-state index >= 15 is 0 Å². The first-order valence-corrected chi connectivity index (χ1v) is 8.94. The van der Waals surface area contributed by atoms with Crippen LogP contribution in [0.4, 0.5) is 4.79 Å². The molecule has 1 aliphatic heterocycles. The molecule has 1 unspecified atom stereocenters. The monoisotopic (exact) mass is 374 g/mol. The van der Waals surface area contributed by atoms with Crippen LogP contribution >= 0.6 is 11.6 Å². The van der Waals surface area contributed by atoms with Gasteiger partial charge in [0, 0.05) is 33.6 Å². The van der Waals surface area contributed by atoms with Crippen LogP contribution in [0.1, 0.15) is 49.2 Å². The van der Waals surface area contributed by atoms with Gasteiger partial charge in [-0.25, -0.2) is 4.79 Å². The number of aromatic amines is 1. The normalized spacial score (nSPS) is 17.2. The average Bonchev–Trinajstić information content (AvgIpc) is 2.93. The number of benzene rings is 1. The Kier molecular flexibility index (Phi) is 4.61. The van der Waals surface area contributed by atoms with E-state index in [0.29, 0.717) is 22.0 Å². The van der Waals surface area contributed by atoms with Crippen LogP contribution in [0, 0.1) is 13.8 Å². The van der Waals surface area contributed by atoms with Crippen LogP contribution in [-0.4, -0.2) is 17.7 Å². The number of ether oxygens (including phenoxy) is 1. The number of carbonyl (C=O) groups is 1. The second kappa shape index (κ2) is 6.47. The molecule has 26 heavy (non-hydrogen) atoms. The molecule has 0 aliphatic carbocycles. The van der Waals surface area contributed by atoms with Gasteiger partial charge in [-0.15, -0.1) is 0 Å². The Morgan fingerprint density at radius 3 is 2.38 bits per heavy atom. The van der Waals surface area contributed by atoms with E-state index in [1.54, 1.807) is 6.07 Å². The number of H-pyrrole nitrogens is 1. The lowest BCUT2D eigenvalue weighted by molar-refractivity contribution is 0.177. The highest BCUT2D eigenvalue weighted by Gasteiger charge is 2.28. The minimum absolute atomic E-state index is 0.0613. The lowest BCUT2D eigenvalue weighted by Gasteiger charge is -2.23. The Morgan fingerprint density at radius 2 is 1.85 bits per heavy atom. The molecule has 0 radical (unpaired) electrons. The molecule has 2 heterocycles. The molecular formula is C20H23ClN2O3. The highest BCUT2D eigenvalue weighted by molar-refractivity contribution is 6.31. The molecule has 1 aliphatic rings. The maximum Gasteiger partial charge on any atom is 0.407 e. The standard InChI is InChI=1S/C20H23ClN2O3/c1-10-6-13(20(3,4)5)14(21)7-12(10)15-8-17(24)18(11(2)22-15)16-9-26-19(25)23-16/h6-8,16H,9H2,1-5H3,(H,22,24)(H,23,25). The van der Waals surface area contributed by atoms with E-state index in [4.69, 9.17) is 16.3 Å². The summed E-state index contributed by atoms with van der Waals surface area (Å²) in [4.78, 5) is 27.2. The van der Waals surface area contributed by atoms with Gasteiger partial charge in [-0.1, -0.05) is 38.4 Å². The number of amides is 1. The van der Waals surface area contributed by atoms with Crippen molar-refractivity contribution in [3.05, 3.63) is 55.8 Å². The molecule has 5 nitrogen and oxygen atoms in total. The molecule has 2 N–H and O–H groups in total. The van der Waals surface area contributed by atoms with Crippen molar-refractivity contribution in [3.63, 3.8) is 0 Å². The number of aromatic nitrogens is 1. The van der Waals surface area contributed by atoms with Gasteiger partial charge in [0.15, 0.2) is 5.43 Å². The Labute approximate surface area is 157 Å². The molecule has 0 saturated carbocycles. The number of halogens is 1. The molecule has 1 aromatic carbocycles. The highest BCUT2D eigenvalue weighted by Crippen LogP contribution is 2.35. The maximum absolute atomic E-state index is 12.7. The molecule has 0 bridgehead atoms. The van der Waals surface area contributed by atoms with Crippen molar-refractivity contribution >= 4 is 17.7 Å². The molecular weight excluding hydrogens is 352 g/mol. The Morgan fingerprint density at radius 1 is 1.15 bits per heavy atom. The van der Waals surface area contributed by atoms with Crippen molar-refractivity contribution < 1.29 is 9.53 Å². The van der Waals surface area contributed by atoms with Gasteiger partial charge in [-0.2, -0.15) is 0 Å². The third kappa shape index (κ3) is 3.36. The van der Waals surface area contributed by atoms with E-state index in [2.05, 4.69) is 37.1 Å². The lowest BCUT2D eigenvalue weighted by atomic mass is 9.85. The number of rotatable bonds is 2. The van der Waals surface area contributed by atoms with Crippen LogP contribution in [0.2, 0.25) is 5.02 Å². The molecule has 0 spiro atoms. The predicted molar refractivity (Wildman–Crippen MR) is 103 cm³/mol. The van der Waals surface area contributed by atoms with E-state index in [-0.39, 0.29) is 17.5 Å². The van der Waals surface area contributed by atoms with Crippen LogP contribution in [0.5, 0.6) is 0 Å². The molecule has 1 aromatic heterocycles. The van der Waals surface area contributed by atoms with Gasteiger partial charge in [-0.05, 0) is 36.5 Å². The molecule has 1 atom stereocenters. The zero-order valence-electron chi connectivity index (χ0n) is 15.6. The largest absolute Gasteiger partial charge is 0.447 e. The fourth-order valence-corrected chi connectivity index (χ4v) is 3.81. The van der Waals surface area contributed by atoms with Crippen molar-refractivity contribution in [2.45, 2.75) is 46.1 Å². The van der Waals surface area contributed by atoms with Crippen molar-refractivity contribution in [1.29, 1.82) is 0 Å². The van der Waals surface area contributed by atoms with Crippen LogP contribution in [0.3, 0.4) is 0 Å². The minimum atomic E-state index is -0.502. The van der Waals surface area contributed by atoms with Gasteiger partial charge in [0.05, 0.1) is 6.04 Å². The first-order chi connectivity index (χ1) is 12.1. The Balaban J connectivity index is 2.07. The molecule has 1 saturated heterocycles. The van der Waals surface area contributed by atoms with Crippen molar-refractivity contribution in [2.24, 2.45) is 0 Å². The molecule has 1 fully saturated rings. The third-order valence-corrected chi connectivity index (χ3v) is 5.01. The number of carbonyl (C=O) groups excluding carboxylic acids is 1. The predicted octanol–water partition coefficient (Wildman–Crippen LogP) is 4.39. The second-order valence-corrected chi connectivity index (χ2v) is 8.19. The van der Waals surface area contributed by atoms with Crippen LogP contribution in [0.25, 0.3) is 11.3 Å². The zero-order chi connectivity index (χ0) is 19.2. The molecule has 2 aromatic rings. The van der Waals surface area contributed by atoms with Gasteiger partial charge in [-0.3, -0.25) is 4.79 Å². The smallest absolute Gasteiger partial charge is 0.407 e. The minimum Gasteiger partial charge on any atom is -0.447 e. The summed E-state index contributed by atoms with van der Waals surface area (Å²) >= 11 is 6.51. The molecule has 3 rings (SSSR count). The quantitative estimate of drug-likeness (QED) is 0.818. The van der Waals surface area contributed by atoms with Crippen molar-refractivity contribution in [3.8, 4) is 11.3 Å². The van der Waals surface area contributed by atoms with E-state index in [0.717, 1.165) is 16.7 Å². The SMILES string of the molecule is Cc1cc(C(C)(C)C)c(Cl)cc1-c1cc(=O)c(C2COC(=O)N2)c(C)[nH]1. The van der Waals surface area contributed by atoms with E-state index in [9.17, 15) is 9.59 Å². The van der Waals surface area contributed by atoms with Crippen molar-refractivity contribution in [2.75, 3.05) is 6.61 Å². The van der Waals surface area contributed by atoms with E-state index < -0.39 is 12.1 Å². The summed E-state index contributed by atoms with van der Waals surface area (Å²) in [6, 6.07) is 5.11. The Bertz CT molecular complexity index is 941. The number of cyclic esters (lactones) is 1. The summed E-state index contributed by atoms with van der Waals surface area (Å²) in [5.74, 6) is 0. The number of aryl methyl sites for hydroxylation is 2. The highest BCUT2D eigenvalue weighted by atomic mass is 35.5. The lowest BCUT2D eigenvalue weighted by Crippen LogP contribution is -2.26. The molecule has 138 valence electrons. The fourth-order valence-electron chi connectivity index (χ4n) is 3.36. The second-order valence-electron chi connectivity index (χ2n) is 7.78. The van der Waals surface area contributed by atoms with Crippen LogP contribution in [-0.2, 0) is 10.2 Å². The summed E-state index contributed by atoms with van der Waals surface area (Å²) < 4.78 is 4.90. The summed E-state index contributed by atoms with van der Waals surface area (Å²) in [6.07, 6.45) is -0.502. The fraction of sp³-hybridized carbons (Fsp3) is 0.400. The average molecular weight is 375 g/mol. The van der Waals surface area contributed by atoms with E-state index in [1.165, 1.54) is 0 Å². The summed E-state index contributed by atoms with van der Waals surface area (Å²) in [5, 5.41) is 3.33. The number of hydrogen-bond donors (Lipinski definition) is 2. The van der Waals surface area contributed by atoms with Gasteiger partial charge in [0.25, 0.3) is 0 Å². The number of nitrogens with one attached hydrogen (secondary N) is 2. The zero-order valence-corrected chi connectivity index (χ0v) is 16.4. The summed E-state index contributed by atoms with van der Waals surface area (Å²) in [6.45, 7) is 10.3. The van der Waals surface area contributed by atoms with E-state index in [1.807, 2.05) is 19.9 Å². The number of pyridine rings is 1. The number of hydrogen-bond acceptors (Lipinski definition) is 3. The topological polar surface area (TPSA) is 71.2 Å². The molecule has 6 heteroatoms. The van der Waals surface area contributed by atoms with Gasteiger partial charge >= 0.3 is 6.09 Å². The molecule has 1 amide bonds. The number of alkyl carbamates (subject to hydrolysis) is 1. The van der Waals surface area contributed by atoms with Crippen LogP contribution < -0.4 is 10.7 Å². The first-order valence-electron chi connectivity index (χ1n) is 8.56. The van der Waals surface area contributed by atoms with Crippen LogP contribution in [0.15, 0.2) is 23.0 Å². The Hall–Kier alpha value is -2.27. The third-order valence-electron chi connectivity index (χ3n) is 4.70. The van der Waals surface area contributed by atoms with Gasteiger partial charge < -0.3 is 15.0 Å². The summed E-state index contributed by atoms with van der Waals surface area (Å²) in [7, 11) is 0. The van der Waals surface area contributed by atoms with Gasteiger partial charge in [0.2, 0.25) is 0 Å². The first kappa shape index (κ1) is 18.5. The van der Waals surface area contributed by atoms with Crippen molar-refractivity contribution in [1.82, 2.24) is 10.3 Å².